The fourth-order valence-electron chi connectivity index (χ4n) is 3.58. The predicted molar refractivity (Wildman–Crippen MR) is 88.0 cm³/mol. The van der Waals surface area contributed by atoms with Crippen molar-refractivity contribution in [3.8, 4) is 0 Å². The lowest BCUT2D eigenvalue weighted by Crippen LogP contribution is -2.57. The predicted octanol–water partition coefficient (Wildman–Crippen LogP) is 0.369. The Bertz CT molecular complexity index is 441. The topological polar surface area (TPSA) is 91.3 Å². The molecule has 0 aromatic rings. The van der Waals surface area contributed by atoms with Crippen molar-refractivity contribution in [3.63, 3.8) is 0 Å². The van der Waals surface area contributed by atoms with Crippen molar-refractivity contribution >= 4 is 12.0 Å². The number of hydrogen-bond acceptors (Lipinski definition) is 5. The second kappa shape index (κ2) is 8.64. The first kappa shape index (κ1) is 19.0. The van der Waals surface area contributed by atoms with Crippen LogP contribution in [0.1, 0.15) is 26.2 Å². The van der Waals surface area contributed by atoms with Gasteiger partial charge in [0.05, 0.1) is 25.3 Å². The molecule has 1 heterocycles. The molecule has 1 saturated heterocycles. The number of aliphatic carboxylic acids is 1. The molecule has 0 aromatic heterocycles. The van der Waals surface area contributed by atoms with E-state index in [4.69, 9.17) is 14.6 Å². The smallest absolute Gasteiger partial charge is 0.318 e. The van der Waals surface area contributed by atoms with Crippen LogP contribution in [0.3, 0.4) is 0 Å². The molecule has 1 aliphatic heterocycles. The summed E-state index contributed by atoms with van der Waals surface area (Å²) >= 11 is 0. The van der Waals surface area contributed by atoms with Crippen molar-refractivity contribution in [2.24, 2.45) is 0 Å². The zero-order valence-corrected chi connectivity index (χ0v) is 14.7. The zero-order chi connectivity index (χ0) is 17.7. The molecule has 8 nitrogen and oxygen atoms in total. The minimum atomic E-state index is -0.811. The first-order valence-corrected chi connectivity index (χ1v) is 8.53. The number of methoxy groups -OCH3 is 2. The van der Waals surface area contributed by atoms with Gasteiger partial charge in [0.2, 0.25) is 0 Å². The summed E-state index contributed by atoms with van der Waals surface area (Å²) in [6, 6.07) is 0.294. The molecule has 2 atom stereocenters. The number of carbonyl (C=O) groups excluding carboxylic acids is 1. The van der Waals surface area contributed by atoms with Gasteiger partial charge in [-0.1, -0.05) is 6.92 Å². The average Bonchev–Trinajstić information content (AvgIpc) is 2.91. The number of nitrogens with one attached hydrogen (secondary N) is 1. The van der Waals surface area contributed by atoms with Crippen LogP contribution < -0.4 is 5.32 Å². The van der Waals surface area contributed by atoms with Gasteiger partial charge in [0.25, 0.3) is 0 Å². The van der Waals surface area contributed by atoms with Gasteiger partial charge >= 0.3 is 12.0 Å². The van der Waals surface area contributed by atoms with Gasteiger partial charge in [0.15, 0.2) is 0 Å². The third kappa shape index (κ3) is 4.58. The molecule has 24 heavy (non-hydrogen) atoms. The van der Waals surface area contributed by atoms with Crippen LogP contribution in [-0.2, 0) is 14.3 Å². The van der Waals surface area contributed by atoms with E-state index in [1.54, 1.807) is 19.1 Å². The fraction of sp³-hybridized carbons (Fsp3) is 0.875. The number of amides is 2. The highest BCUT2D eigenvalue weighted by Crippen LogP contribution is 2.27. The normalized spacial score (nSPS) is 29.6. The highest BCUT2D eigenvalue weighted by molar-refractivity contribution is 5.75. The Kier molecular flexibility index (Phi) is 6.82. The first-order chi connectivity index (χ1) is 11.5. The van der Waals surface area contributed by atoms with Gasteiger partial charge in [-0.2, -0.15) is 0 Å². The summed E-state index contributed by atoms with van der Waals surface area (Å²) in [4.78, 5) is 27.1. The number of carbonyl (C=O) groups is 2. The van der Waals surface area contributed by atoms with Crippen LogP contribution in [-0.4, -0.2) is 91.6 Å². The number of urea groups is 1. The van der Waals surface area contributed by atoms with Gasteiger partial charge < -0.3 is 24.8 Å². The Morgan fingerprint density at radius 3 is 2.54 bits per heavy atom. The van der Waals surface area contributed by atoms with E-state index < -0.39 is 5.97 Å². The fourth-order valence-corrected chi connectivity index (χ4v) is 3.58. The summed E-state index contributed by atoms with van der Waals surface area (Å²) in [7, 11) is 3.29. The van der Waals surface area contributed by atoms with E-state index in [1.807, 2.05) is 11.8 Å². The van der Waals surface area contributed by atoms with Crippen LogP contribution in [0.5, 0.6) is 0 Å². The van der Waals surface area contributed by atoms with E-state index in [2.05, 4.69) is 5.32 Å². The van der Waals surface area contributed by atoms with Crippen molar-refractivity contribution in [2.45, 2.75) is 50.4 Å². The van der Waals surface area contributed by atoms with Crippen molar-refractivity contribution in [1.82, 2.24) is 15.1 Å². The quantitative estimate of drug-likeness (QED) is 0.662. The standard InChI is InChI=1S/C16H29N3O5/c1-4-18(9-15(20)21)12-5-11(6-12)17-16(22)19-8-14(24-3)7-13(19)10-23-2/h11-14H,4-10H2,1-3H3,(H,17,22)(H,20,21)/t11?,12?,13-,14-/m0/s1. The molecule has 1 aliphatic carbocycles. The Morgan fingerprint density at radius 2 is 2.00 bits per heavy atom. The largest absolute Gasteiger partial charge is 0.480 e. The van der Waals surface area contributed by atoms with Gasteiger partial charge in [-0.15, -0.1) is 0 Å². The molecular weight excluding hydrogens is 314 g/mol. The van der Waals surface area contributed by atoms with Crippen LogP contribution in [0.15, 0.2) is 0 Å². The van der Waals surface area contributed by atoms with Crippen LogP contribution in [0.25, 0.3) is 0 Å². The summed E-state index contributed by atoms with van der Waals surface area (Å²) in [6.07, 6.45) is 2.43. The van der Waals surface area contributed by atoms with Crippen molar-refractivity contribution < 1.29 is 24.2 Å². The minimum absolute atomic E-state index is 0.0370. The molecular formula is C16H29N3O5. The van der Waals surface area contributed by atoms with Gasteiger partial charge in [-0.3, -0.25) is 9.69 Å². The number of hydrogen-bond donors (Lipinski definition) is 2. The number of likely N-dealkylation sites (tertiary alicyclic amines) is 1. The molecule has 2 aliphatic rings. The summed E-state index contributed by atoms with van der Waals surface area (Å²) in [5, 5.41) is 12.0. The number of carboxylic acids is 1. The molecule has 2 rings (SSSR count). The highest BCUT2D eigenvalue weighted by atomic mass is 16.5. The highest BCUT2D eigenvalue weighted by Gasteiger charge is 2.39. The zero-order valence-electron chi connectivity index (χ0n) is 14.7. The molecule has 0 unspecified atom stereocenters. The van der Waals surface area contributed by atoms with Crippen LogP contribution in [0, 0.1) is 0 Å². The Balaban J connectivity index is 1.80. The summed E-state index contributed by atoms with van der Waals surface area (Å²) in [5.41, 5.74) is 0. The molecule has 2 amide bonds. The van der Waals surface area contributed by atoms with E-state index in [9.17, 15) is 9.59 Å². The molecule has 2 N–H and O–H groups in total. The van der Waals surface area contributed by atoms with Gasteiger partial charge in [-0.25, -0.2) is 4.79 Å². The minimum Gasteiger partial charge on any atom is -0.480 e. The van der Waals surface area contributed by atoms with E-state index >= 15 is 0 Å². The van der Waals surface area contributed by atoms with Crippen molar-refractivity contribution in [1.29, 1.82) is 0 Å². The third-order valence-corrected chi connectivity index (χ3v) is 5.03. The maximum atomic E-state index is 12.5. The molecule has 1 saturated carbocycles. The van der Waals surface area contributed by atoms with Gasteiger partial charge in [-0.05, 0) is 25.8 Å². The van der Waals surface area contributed by atoms with E-state index in [1.165, 1.54) is 0 Å². The second-order valence-electron chi connectivity index (χ2n) is 6.58. The first-order valence-electron chi connectivity index (χ1n) is 8.53. The van der Waals surface area contributed by atoms with Crippen molar-refractivity contribution in [3.05, 3.63) is 0 Å². The molecule has 0 radical (unpaired) electrons. The van der Waals surface area contributed by atoms with Gasteiger partial charge in [0.1, 0.15) is 0 Å². The second-order valence-corrected chi connectivity index (χ2v) is 6.58. The molecule has 138 valence electrons. The Morgan fingerprint density at radius 1 is 1.29 bits per heavy atom. The monoisotopic (exact) mass is 343 g/mol. The Labute approximate surface area is 143 Å². The number of likely N-dealkylation sites (N-methyl/N-ethyl adjacent to an activating group) is 1. The SMILES string of the molecule is CCN(CC(=O)O)C1CC(NC(=O)N2C[C@@H](OC)C[C@H]2COC)C1. The maximum Gasteiger partial charge on any atom is 0.318 e. The molecule has 2 fully saturated rings. The maximum absolute atomic E-state index is 12.5. The van der Waals surface area contributed by atoms with Crippen LogP contribution in [0.4, 0.5) is 4.79 Å². The van der Waals surface area contributed by atoms with Crippen LogP contribution in [0.2, 0.25) is 0 Å². The summed E-state index contributed by atoms with van der Waals surface area (Å²) < 4.78 is 10.6. The summed E-state index contributed by atoms with van der Waals surface area (Å²) in [6.45, 7) is 3.79. The van der Waals surface area contributed by atoms with E-state index in [0.717, 1.165) is 19.3 Å². The molecule has 0 spiro atoms. The lowest BCUT2D eigenvalue weighted by Gasteiger charge is -2.42. The number of rotatable bonds is 8. The molecule has 0 aromatic carbocycles. The van der Waals surface area contributed by atoms with Crippen molar-refractivity contribution in [2.75, 3.05) is 40.5 Å². The number of carboxylic acid groups (broad SMARTS) is 1. The summed E-state index contributed by atoms with van der Waals surface area (Å²) in [5.74, 6) is -0.811. The average molecular weight is 343 g/mol. The van der Waals surface area contributed by atoms with Crippen LogP contribution >= 0.6 is 0 Å². The third-order valence-electron chi connectivity index (χ3n) is 5.03. The lowest BCUT2D eigenvalue weighted by molar-refractivity contribution is -0.139. The number of nitrogens with zero attached hydrogens (tertiary/aromatic N) is 2. The Hall–Kier alpha value is -1.38. The van der Waals surface area contributed by atoms with Gasteiger partial charge in [0, 0.05) is 32.8 Å². The molecule has 0 bridgehead atoms. The number of ether oxygens (including phenoxy) is 2. The lowest BCUT2D eigenvalue weighted by atomic mass is 9.85. The van der Waals surface area contributed by atoms with E-state index in [-0.39, 0.29) is 36.8 Å². The van der Waals surface area contributed by atoms with E-state index in [0.29, 0.717) is 19.7 Å². The molecule has 8 heteroatoms.